The highest BCUT2D eigenvalue weighted by molar-refractivity contribution is 5.70. The van der Waals surface area contributed by atoms with E-state index >= 15 is 0 Å². The van der Waals surface area contributed by atoms with Crippen LogP contribution in [0.15, 0.2) is 0 Å². The van der Waals surface area contributed by atoms with Gasteiger partial charge in [-0.25, -0.2) is 0 Å². The number of hydrogen-bond acceptors (Lipinski definition) is 2. The van der Waals surface area contributed by atoms with E-state index in [9.17, 15) is 4.79 Å². The average Bonchev–Trinajstić information content (AvgIpc) is 2.30. The Labute approximate surface area is 104 Å². The molecule has 1 N–H and O–H groups in total. The van der Waals surface area contributed by atoms with Crippen LogP contribution in [0.1, 0.15) is 52.4 Å². The normalized spacial score (nSPS) is 40.1. The van der Waals surface area contributed by atoms with E-state index in [1.807, 2.05) is 0 Å². The summed E-state index contributed by atoms with van der Waals surface area (Å²) in [6, 6.07) is 1.14. The maximum absolute atomic E-state index is 11.0. The minimum Gasteiger partial charge on any atom is -0.481 e. The fourth-order valence-corrected chi connectivity index (χ4v) is 3.70. The van der Waals surface area contributed by atoms with Crippen LogP contribution in [0.4, 0.5) is 0 Å². The number of carboxylic acid groups (broad SMARTS) is 1. The van der Waals surface area contributed by atoms with Gasteiger partial charge >= 0.3 is 5.97 Å². The van der Waals surface area contributed by atoms with Gasteiger partial charge in [-0.1, -0.05) is 19.8 Å². The summed E-state index contributed by atoms with van der Waals surface area (Å²) in [7, 11) is 0. The van der Waals surface area contributed by atoms with Crippen LogP contribution in [0.25, 0.3) is 0 Å². The summed E-state index contributed by atoms with van der Waals surface area (Å²) >= 11 is 0. The highest BCUT2D eigenvalue weighted by atomic mass is 16.4. The molecular formula is C14H25NO2. The van der Waals surface area contributed by atoms with E-state index in [0.29, 0.717) is 12.1 Å². The van der Waals surface area contributed by atoms with E-state index in [1.165, 1.54) is 25.7 Å². The third-order valence-electron chi connectivity index (χ3n) is 4.77. The van der Waals surface area contributed by atoms with Crippen molar-refractivity contribution in [2.75, 3.05) is 6.54 Å². The maximum Gasteiger partial charge on any atom is 0.306 e. The standard InChI is InChI=1S/C14H25NO2/c1-10-5-3-4-6-13(10)15-8-7-12(14(16)17)9-11(15)2/h10-13H,3-9H2,1-2H3,(H,16,17). The Morgan fingerprint density at radius 3 is 2.47 bits per heavy atom. The summed E-state index contributed by atoms with van der Waals surface area (Å²) in [6.45, 7) is 5.55. The zero-order chi connectivity index (χ0) is 12.4. The summed E-state index contributed by atoms with van der Waals surface area (Å²) < 4.78 is 0. The van der Waals surface area contributed by atoms with Crippen molar-refractivity contribution in [3.63, 3.8) is 0 Å². The van der Waals surface area contributed by atoms with Crippen molar-refractivity contribution in [2.24, 2.45) is 11.8 Å². The molecule has 98 valence electrons. The smallest absolute Gasteiger partial charge is 0.306 e. The van der Waals surface area contributed by atoms with Crippen LogP contribution in [0.3, 0.4) is 0 Å². The summed E-state index contributed by atoms with van der Waals surface area (Å²) in [6.07, 6.45) is 7.04. The van der Waals surface area contributed by atoms with Crippen molar-refractivity contribution in [3.8, 4) is 0 Å². The van der Waals surface area contributed by atoms with E-state index in [-0.39, 0.29) is 5.92 Å². The molecule has 0 spiro atoms. The molecule has 1 aliphatic heterocycles. The lowest BCUT2D eigenvalue weighted by Gasteiger charge is -2.45. The van der Waals surface area contributed by atoms with Gasteiger partial charge in [-0.15, -0.1) is 0 Å². The molecule has 0 amide bonds. The molecule has 2 fully saturated rings. The number of carboxylic acids is 1. The van der Waals surface area contributed by atoms with Crippen LogP contribution in [0, 0.1) is 11.8 Å². The predicted octanol–water partition coefficient (Wildman–Crippen LogP) is 2.75. The minimum absolute atomic E-state index is 0.111. The molecule has 4 atom stereocenters. The van der Waals surface area contributed by atoms with Gasteiger partial charge in [-0.3, -0.25) is 9.69 Å². The Kier molecular flexibility index (Phi) is 4.08. The second-order valence-corrected chi connectivity index (χ2v) is 5.98. The largest absolute Gasteiger partial charge is 0.481 e. The lowest BCUT2D eigenvalue weighted by atomic mass is 9.81. The highest BCUT2D eigenvalue weighted by Crippen LogP contribution is 2.33. The van der Waals surface area contributed by atoms with Crippen LogP contribution < -0.4 is 0 Å². The zero-order valence-corrected chi connectivity index (χ0v) is 11.1. The number of likely N-dealkylation sites (tertiary alicyclic amines) is 1. The number of carbonyl (C=O) groups is 1. The molecule has 0 aromatic carbocycles. The first-order valence-corrected chi connectivity index (χ1v) is 7.08. The molecule has 0 aromatic heterocycles. The number of nitrogens with zero attached hydrogens (tertiary/aromatic N) is 1. The van der Waals surface area contributed by atoms with Gasteiger partial charge in [0.2, 0.25) is 0 Å². The highest BCUT2D eigenvalue weighted by Gasteiger charge is 2.35. The molecule has 1 saturated heterocycles. The summed E-state index contributed by atoms with van der Waals surface area (Å²) in [5.41, 5.74) is 0. The Bertz CT molecular complexity index is 279. The van der Waals surface area contributed by atoms with Gasteiger partial charge in [0.15, 0.2) is 0 Å². The molecule has 1 aliphatic carbocycles. The van der Waals surface area contributed by atoms with Crippen molar-refractivity contribution < 1.29 is 9.90 Å². The lowest BCUT2D eigenvalue weighted by molar-refractivity contribution is -0.144. The third kappa shape index (κ3) is 2.82. The van der Waals surface area contributed by atoms with E-state index < -0.39 is 5.97 Å². The third-order valence-corrected chi connectivity index (χ3v) is 4.77. The molecule has 0 bridgehead atoms. The summed E-state index contributed by atoms with van der Waals surface area (Å²) in [5, 5.41) is 9.09. The van der Waals surface area contributed by atoms with Crippen molar-refractivity contribution in [1.82, 2.24) is 4.90 Å². The molecule has 2 aliphatic rings. The first kappa shape index (κ1) is 12.9. The van der Waals surface area contributed by atoms with Crippen LogP contribution >= 0.6 is 0 Å². The first-order chi connectivity index (χ1) is 8.09. The van der Waals surface area contributed by atoms with Crippen LogP contribution in [-0.4, -0.2) is 34.6 Å². The van der Waals surface area contributed by atoms with Gasteiger partial charge in [0, 0.05) is 12.1 Å². The van der Waals surface area contributed by atoms with Crippen molar-refractivity contribution in [3.05, 3.63) is 0 Å². The Morgan fingerprint density at radius 2 is 1.88 bits per heavy atom. The van der Waals surface area contributed by atoms with Crippen LogP contribution in [-0.2, 0) is 4.79 Å². The Hall–Kier alpha value is -0.570. The molecule has 0 radical (unpaired) electrons. The molecule has 4 unspecified atom stereocenters. The Balaban J connectivity index is 1.96. The van der Waals surface area contributed by atoms with Gasteiger partial charge in [-0.2, -0.15) is 0 Å². The summed E-state index contributed by atoms with van der Waals surface area (Å²) in [5.74, 6) is 0.0703. The van der Waals surface area contributed by atoms with Crippen LogP contribution in [0.2, 0.25) is 0 Å². The van der Waals surface area contributed by atoms with E-state index in [1.54, 1.807) is 0 Å². The fourth-order valence-electron chi connectivity index (χ4n) is 3.70. The van der Waals surface area contributed by atoms with Gasteiger partial charge in [-0.05, 0) is 45.1 Å². The van der Waals surface area contributed by atoms with E-state index in [2.05, 4.69) is 18.7 Å². The molecule has 2 rings (SSSR count). The SMILES string of the molecule is CC1CCCCC1N1CCC(C(=O)O)CC1C. The van der Waals surface area contributed by atoms with Crippen molar-refractivity contribution in [2.45, 2.75) is 64.5 Å². The summed E-state index contributed by atoms with van der Waals surface area (Å²) in [4.78, 5) is 13.6. The van der Waals surface area contributed by atoms with E-state index in [0.717, 1.165) is 25.3 Å². The Morgan fingerprint density at radius 1 is 1.18 bits per heavy atom. The minimum atomic E-state index is -0.604. The van der Waals surface area contributed by atoms with E-state index in [4.69, 9.17) is 5.11 Å². The number of hydrogen-bond donors (Lipinski definition) is 1. The quantitative estimate of drug-likeness (QED) is 0.805. The van der Waals surface area contributed by atoms with Gasteiger partial charge in [0.25, 0.3) is 0 Å². The van der Waals surface area contributed by atoms with Crippen molar-refractivity contribution >= 4 is 5.97 Å². The number of aliphatic carboxylic acids is 1. The predicted molar refractivity (Wildman–Crippen MR) is 67.9 cm³/mol. The maximum atomic E-state index is 11.0. The first-order valence-electron chi connectivity index (χ1n) is 7.08. The van der Waals surface area contributed by atoms with Gasteiger partial charge in [0.1, 0.15) is 0 Å². The monoisotopic (exact) mass is 239 g/mol. The van der Waals surface area contributed by atoms with Gasteiger partial charge < -0.3 is 5.11 Å². The molecule has 3 nitrogen and oxygen atoms in total. The number of piperidine rings is 1. The second kappa shape index (κ2) is 5.38. The average molecular weight is 239 g/mol. The molecule has 17 heavy (non-hydrogen) atoms. The van der Waals surface area contributed by atoms with Crippen molar-refractivity contribution in [1.29, 1.82) is 0 Å². The molecule has 1 saturated carbocycles. The van der Waals surface area contributed by atoms with Gasteiger partial charge in [0.05, 0.1) is 5.92 Å². The topological polar surface area (TPSA) is 40.5 Å². The van der Waals surface area contributed by atoms with Crippen LogP contribution in [0.5, 0.6) is 0 Å². The second-order valence-electron chi connectivity index (χ2n) is 5.98. The fraction of sp³-hybridized carbons (Fsp3) is 0.929. The molecular weight excluding hydrogens is 214 g/mol. The zero-order valence-electron chi connectivity index (χ0n) is 11.1. The molecule has 0 aromatic rings. The molecule has 3 heteroatoms. The number of rotatable bonds is 2. The molecule has 1 heterocycles. The lowest BCUT2D eigenvalue weighted by Crippen LogP contribution is -2.51.